The van der Waals surface area contributed by atoms with Crippen LogP contribution in [-0.2, 0) is 19.4 Å². The lowest BCUT2D eigenvalue weighted by Gasteiger charge is -2.32. The summed E-state index contributed by atoms with van der Waals surface area (Å²) in [5, 5.41) is 9.05. The topological polar surface area (TPSA) is 91.8 Å². The fourth-order valence-corrected chi connectivity index (χ4v) is 6.04. The molecule has 2 bridgehead atoms. The van der Waals surface area contributed by atoms with Crippen molar-refractivity contribution >= 4 is 21.7 Å². The van der Waals surface area contributed by atoms with Crippen LogP contribution in [-0.4, -0.2) is 54.4 Å². The number of amides is 1. The van der Waals surface area contributed by atoms with Crippen LogP contribution in [0.5, 0.6) is 0 Å². The maximum Gasteiger partial charge on any atom is 0.323 e. The van der Waals surface area contributed by atoms with Gasteiger partial charge in [0.15, 0.2) is 9.84 Å². The summed E-state index contributed by atoms with van der Waals surface area (Å²) in [4.78, 5) is 25.1. The highest BCUT2D eigenvalue weighted by atomic mass is 32.2. The summed E-state index contributed by atoms with van der Waals surface area (Å²) in [6.45, 7) is -0.382. The molecule has 4 unspecified atom stereocenters. The predicted octanol–water partition coefficient (Wildman–Crippen LogP) is 0.523. The zero-order chi connectivity index (χ0) is 15.2. The Morgan fingerprint density at radius 1 is 1.14 bits per heavy atom. The zero-order valence-corrected chi connectivity index (χ0v) is 12.7. The SMILES string of the molecule is O=C(O)CN(C(=O)C1CC2CCC1C2)C1CCS(=O)(=O)C1. The van der Waals surface area contributed by atoms with Crippen molar-refractivity contribution < 1.29 is 23.1 Å². The minimum atomic E-state index is -3.13. The fraction of sp³-hybridized carbons (Fsp3) is 0.857. The summed E-state index contributed by atoms with van der Waals surface area (Å²) in [6, 6.07) is -0.460. The minimum Gasteiger partial charge on any atom is -0.480 e. The molecule has 1 heterocycles. The largest absolute Gasteiger partial charge is 0.480 e. The summed E-state index contributed by atoms with van der Waals surface area (Å²) in [7, 11) is -3.13. The number of carboxylic acids is 1. The lowest BCUT2D eigenvalue weighted by atomic mass is 9.87. The quantitative estimate of drug-likeness (QED) is 0.817. The van der Waals surface area contributed by atoms with Crippen LogP contribution in [0.2, 0.25) is 0 Å². The van der Waals surface area contributed by atoms with Crippen molar-refractivity contribution in [3.8, 4) is 0 Å². The molecule has 4 atom stereocenters. The van der Waals surface area contributed by atoms with Crippen LogP contribution in [0.25, 0.3) is 0 Å². The number of hydrogen-bond donors (Lipinski definition) is 1. The van der Waals surface area contributed by atoms with Crippen LogP contribution in [0.3, 0.4) is 0 Å². The first-order valence-corrected chi connectivity index (χ1v) is 9.40. The number of sulfone groups is 1. The first kappa shape index (κ1) is 14.8. The van der Waals surface area contributed by atoms with E-state index in [0.717, 1.165) is 19.3 Å². The number of rotatable bonds is 4. The molecule has 3 rings (SSSR count). The molecule has 2 saturated carbocycles. The van der Waals surface area contributed by atoms with Crippen molar-refractivity contribution in [1.29, 1.82) is 0 Å². The van der Waals surface area contributed by atoms with E-state index in [1.54, 1.807) is 0 Å². The number of nitrogens with zero attached hydrogens (tertiary/aromatic N) is 1. The normalized spacial score (nSPS) is 36.8. The van der Waals surface area contributed by atoms with Gasteiger partial charge in [0.2, 0.25) is 5.91 Å². The van der Waals surface area contributed by atoms with Crippen molar-refractivity contribution in [3.63, 3.8) is 0 Å². The van der Waals surface area contributed by atoms with E-state index in [1.165, 1.54) is 11.3 Å². The van der Waals surface area contributed by atoms with Gasteiger partial charge < -0.3 is 10.0 Å². The number of carbonyl (C=O) groups excluding carboxylic acids is 1. The van der Waals surface area contributed by atoms with E-state index in [4.69, 9.17) is 5.11 Å². The molecule has 1 aliphatic heterocycles. The molecule has 0 aromatic heterocycles. The molecule has 21 heavy (non-hydrogen) atoms. The fourth-order valence-electron chi connectivity index (χ4n) is 4.31. The summed E-state index contributed by atoms with van der Waals surface area (Å²) < 4.78 is 23.2. The highest BCUT2D eigenvalue weighted by molar-refractivity contribution is 7.91. The van der Waals surface area contributed by atoms with Crippen molar-refractivity contribution in [2.24, 2.45) is 17.8 Å². The lowest BCUT2D eigenvalue weighted by molar-refractivity contribution is -0.148. The molecule has 1 amide bonds. The lowest BCUT2D eigenvalue weighted by Crippen LogP contribution is -2.47. The summed E-state index contributed by atoms with van der Waals surface area (Å²) in [5.41, 5.74) is 0. The minimum absolute atomic E-state index is 0.0534. The average molecular weight is 315 g/mol. The van der Waals surface area contributed by atoms with Crippen LogP contribution in [0.15, 0.2) is 0 Å². The summed E-state index contributed by atoms with van der Waals surface area (Å²) in [5.74, 6) is -0.362. The molecule has 0 aromatic carbocycles. The maximum absolute atomic E-state index is 12.7. The molecular formula is C14H21NO5S. The third-order valence-electron chi connectivity index (χ3n) is 5.29. The highest BCUT2D eigenvalue weighted by Gasteiger charge is 2.46. The Balaban J connectivity index is 1.76. The van der Waals surface area contributed by atoms with E-state index in [0.29, 0.717) is 18.3 Å². The first-order valence-electron chi connectivity index (χ1n) is 7.58. The van der Waals surface area contributed by atoms with Crippen LogP contribution < -0.4 is 0 Å². The van der Waals surface area contributed by atoms with Gasteiger partial charge in [-0.15, -0.1) is 0 Å². The molecule has 1 saturated heterocycles. The number of fused-ring (bicyclic) bond motifs is 2. The van der Waals surface area contributed by atoms with E-state index < -0.39 is 21.8 Å². The van der Waals surface area contributed by atoms with E-state index >= 15 is 0 Å². The molecule has 3 fully saturated rings. The van der Waals surface area contributed by atoms with E-state index in [1.807, 2.05) is 0 Å². The molecule has 1 N–H and O–H groups in total. The van der Waals surface area contributed by atoms with Crippen LogP contribution in [0.1, 0.15) is 32.1 Å². The smallest absolute Gasteiger partial charge is 0.323 e. The number of carbonyl (C=O) groups is 2. The Morgan fingerprint density at radius 3 is 2.38 bits per heavy atom. The van der Waals surface area contributed by atoms with Gasteiger partial charge in [-0.05, 0) is 37.5 Å². The predicted molar refractivity (Wildman–Crippen MR) is 75.3 cm³/mol. The van der Waals surface area contributed by atoms with Gasteiger partial charge in [-0.1, -0.05) is 6.42 Å². The Kier molecular flexibility index (Phi) is 3.71. The van der Waals surface area contributed by atoms with Crippen LogP contribution in [0.4, 0.5) is 0 Å². The standard InChI is InChI=1S/C14H21NO5S/c16-13(17)7-15(11-3-4-21(19,20)8-11)14(18)12-6-9-1-2-10(12)5-9/h9-12H,1-8H2,(H,16,17). The molecule has 2 aliphatic carbocycles. The van der Waals surface area contributed by atoms with Crippen molar-refractivity contribution in [2.45, 2.75) is 38.1 Å². The van der Waals surface area contributed by atoms with E-state index in [2.05, 4.69) is 0 Å². The van der Waals surface area contributed by atoms with Crippen LogP contribution >= 0.6 is 0 Å². The molecular weight excluding hydrogens is 294 g/mol. The van der Waals surface area contributed by atoms with Gasteiger partial charge in [-0.3, -0.25) is 9.59 Å². The molecule has 3 aliphatic rings. The average Bonchev–Trinajstić information content (AvgIpc) is 3.09. The number of aliphatic carboxylic acids is 1. The second kappa shape index (κ2) is 5.26. The van der Waals surface area contributed by atoms with E-state index in [9.17, 15) is 18.0 Å². The molecule has 0 spiro atoms. The third-order valence-corrected chi connectivity index (χ3v) is 7.04. The van der Waals surface area contributed by atoms with Gasteiger partial charge in [-0.2, -0.15) is 0 Å². The Morgan fingerprint density at radius 2 is 1.90 bits per heavy atom. The van der Waals surface area contributed by atoms with Crippen molar-refractivity contribution in [2.75, 3.05) is 18.1 Å². The summed E-state index contributed by atoms with van der Waals surface area (Å²) in [6.07, 6.45) is 4.50. The zero-order valence-electron chi connectivity index (χ0n) is 11.9. The van der Waals surface area contributed by atoms with Crippen molar-refractivity contribution in [3.05, 3.63) is 0 Å². The van der Waals surface area contributed by atoms with Gasteiger partial charge in [0.1, 0.15) is 6.54 Å². The Labute approximate surface area is 124 Å². The summed E-state index contributed by atoms with van der Waals surface area (Å²) >= 11 is 0. The van der Waals surface area contributed by atoms with Gasteiger partial charge in [0.25, 0.3) is 0 Å². The molecule has 6 nitrogen and oxygen atoms in total. The number of carboxylic acid groups (broad SMARTS) is 1. The van der Waals surface area contributed by atoms with Gasteiger partial charge >= 0.3 is 5.97 Å². The highest BCUT2D eigenvalue weighted by Crippen LogP contribution is 2.49. The third kappa shape index (κ3) is 2.93. The Bertz CT molecular complexity index is 558. The van der Waals surface area contributed by atoms with Crippen LogP contribution in [0, 0.1) is 17.8 Å². The monoisotopic (exact) mass is 315 g/mol. The van der Waals surface area contributed by atoms with E-state index in [-0.39, 0.29) is 29.9 Å². The molecule has 0 aromatic rings. The van der Waals surface area contributed by atoms with Gasteiger partial charge in [0.05, 0.1) is 11.5 Å². The second-order valence-corrected chi connectivity index (χ2v) is 8.93. The maximum atomic E-state index is 12.7. The Hall–Kier alpha value is -1.11. The molecule has 7 heteroatoms. The van der Waals surface area contributed by atoms with Gasteiger partial charge in [0, 0.05) is 12.0 Å². The van der Waals surface area contributed by atoms with Crippen molar-refractivity contribution in [1.82, 2.24) is 4.90 Å². The molecule has 118 valence electrons. The first-order chi connectivity index (χ1) is 9.85. The van der Waals surface area contributed by atoms with Gasteiger partial charge in [-0.25, -0.2) is 8.42 Å². The molecule has 0 radical (unpaired) electrons. The number of hydrogen-bond acceptors (Lipinski definition) is 4. The second-order valence-electron chi connectivity index (χ2n) is 6.70.